The number of rotatable bonds is 0. The first-order valence-electron chi connectivity index (χ1n) is 3.13. The Hall–Kier alpha value is -0.0800. The van der Waals surface area contributed by atoms with E-state index in [2.05, 4.69) is 31.4 Å². The molecule has 0 aromatic heterocycles. The molecular weight excluding hydrogens is 100 g/mol. The molecule has 1 atom stereocenters. The molecule has 2 N–H and O–H groups in total. The molecule has 1 saturated heterocycles. The lowest BCUT2D eigenvalue weighted by atomic mass is 10.3. The van der Waals surface area contributed by atoms with E-state index < -0.39 is 0 Å². The molecule has 0 bridgehead atoms. The molecule has 1 aliphatic heterocycles. The normalized spacial score (nSPS) is 35.6. The highest BCUT2D eigenvalue weighted by molar-refractivity contribution is 4.86. The summed E-state index contributed by atoms with van der Waals surface area (Å²) in [6.45, 7) is 7.57. The van der Waals surface area contributed by atoms with E-state index >= 15 is 0 Å². The van der Waals surface area contributed by atoms with Gasteiger partial charge in [0.15, 0.2) is 0 Å². The number of hydrogen-bond acceptors (Lipinski definition) is 2. The van der Waals surface area contributed by atoms with Crippen LogP contribution < -0.4 is 10.6 Å². The summed E-state index contributed by atoms with van der Waals surface area (Å²) in [5.74, 6) is 0. The highest BCUT2D eigenvalue weighted by Crippen LogP contribution is 2.04. The molecule has 0 amide bonds. The average Bonchev–Trinajstić information content (AvgIpc) is 1.82. The summed E-state index contributed by atoms with van der Waals surface area (Å²) in [7, 11) is 0. The molecule has 48 valence electrons. The molecule has 1 heterocycles. The van der Waals surface area contributed by atoms with Gasteiger partial charge in [-0.15, -0.1) is 0 Å². The van der Waals surface area contributed by atoms with Crippen molar-refractivity contribution in [2.24, 2.45) is 0 Å². The van der Waals surface area contributed by atoms with Crippen LogP contribution in [0.5, 0.6) is 0 Å². The van der Waals surface area contributed by atoms with E-state index in [1.807, 2.05) is 0 Å². The van der Waals surface area contributed by atoms with Gasteiger partial charge in [0, 0.05) is 12.6 Å². The van der Waals surface area contributed by atoms with E-state index in [9.17, 15) is 0 Å². The van der Waals surface area contributed by atoms with Gasteiger partial charge in [-0.25, -0.2) is 0 Å². The maximum absolute atomic E-state index is 3.38. The van der Waals surface area contributed by atoms with Crippen molar-refractivity contribution in [2.75, 3.05) is 6.54 Å². The molecule has 0 radical (unpaired) electrons. The lowest BCUT2D eigenvalue weighted by Crippen LogP contribution is -2.43. The molecule has 1 fully saturated rings. The Balaban J connectivity index is 2.44. The standard InChI is InChI=1S/C6H14N2/c1-5-4-7-6(2,3)8-5/h5,7-8H,4H2,1-3H3. The summed E-state index contributed by atoms with van der Waals surface area (Å²) in [4.78, 5) is 0. The molecule has 1 unspecified atom stereocenters. The minimum atomic E-state index is 0.166. The third kappa shape index (κ3) is 1.20. The zero-order chi connectivity index (χ0) is 6.20. The van der Waals surface area contributed by atoms with E-state index in [4.69, 9.17) is 0 Å². The van der Waals surface area contributed by atoms with Gasteiger partial charge in [-0.05, 0) is 20.8 Å². The summed E-state index contributed by atoms with van der Waals surface area (Å²) >= 11 is 0. The van der Waals surface area contributed by atoms with Crippen molar-refractivity contribution in [1.82, 2.24) is 10.6 Å². The maximum atomic E-state index is 3.38. The molecular formula is C6H14N2. The van der Waals surface area contributed by atoms with Gasteiger partial charge >= 0.3 is 0 Å². The Labute approximate surface area is 50.7 Å². The quantitative estimate of drug-likeness (QED) is 0.473. The molecule has 2 nitrogen and oxygen atoms in total. The predicted octanol–water partition coefficient (Wildman–Crippen LogP) is 0.304. The Morgan fingerprint density at radius 3 is 2.25 bits per heavy atom. The van der Waals surface area contributed by atoms with Crippen LogP contribution in [-0.2, 0) is 0 Å². The fourth-order valence-corrected chi connectivity index (χ4v) is 1.13. The lowest BCUT2D eigenvalue weighted by molar-refractivity contribution is 0.397. The lowest BCUT2D eigenvalue weighted by Gasteiger charge is -2.18. The van der Waals surface area contributed by atoms with Crippen LogP contribution in [0.3, 0.4) is 0 Å². The first kappa shape index (κ1) is 6.05. The summed E-state index contributed by atoms with van der Waals surface area (Å²) < 4.78 is 0. The van der Waals surface area contributed by atoms with Crippen molar-refractivity contribution in [1.29, 1.82) is 0 Å². The molecule has 2 heteroatoms. The highest BCUT2D eigenvalue weighted by Gasteiger charge is 2.25. The molecule has 1 aliphatic rings. The summed E-state index contributed by atoms with van der Waals surface area (Å²) in [5, 5.41) is 6.72. The van der Waals surface area contributed by atoms with Gasteiger partial charge in [-0.3, -0.25) is 10.6 Å². The molecule has 8 heavy (non-hydrogen) atoms. The molecule has 0 aromatic rings. The maximum Gasteiger partial charge on any atom is 0.0632 e. The van der Waals surface area contributed by atoms with Crippen molar-refractivity contribution in [3.05, 3.63) is 0 Å². The zero-order valence-corrected chi connectivity index (χ0v) is 5.78. The van der Waals surface area contributed by atoms with Crippen molar-refractivity contribution in [2.45, 2.75) is 32.5 Å². The van der Waals surface area contributed by atoms with Gasteiger partial charge in [0.05, 0.1) is 5.66 Å². The van der Waals surface area contributed by atoms with Gasteiger partial charge < -0.3 is 0 Å². The Kier molecular flexibility index (Phi) is 1.29. The predicted molar refractivity (Wildman–Crippen MR) is 34.7 cm³/mol. The van der Waals surface area contributed by atoms with Crippen LogP contribution in [0, 0.1) is 0 Å². The Bertz CT molecular complexity index is 88.5. The van der Waals surface area contributed by atoms with Crippen LogP contribution in [0.4, 0.5) is 0 Å². The van der Waals surface area contributed by atoms with E-state index in [0.29, 0.717) is 6.04 Å². The average molecular weight is 114 g/mol. The molecule has 0 saturated carbocycles. The monoisotopic (exact) mass is 114 g/mol. The minimum Gasteiger partial charge on any atom is -0.298 e. The van der Waals surface area contributed by atoms with Gasteiger partial charge in [0.2, 0.25) is 0 Å². The summed E-state index contributed by atoms with van der Waals surface area (Å²) in [5.41, 5.74) is 0.166. The minimum absolute atomic E-state index is 0.166. The molecule has 0 aromatic carbocycles. The first-order chi connectivity index (χ1) is 3.60. The van der Waals surface area contributed by atoms with Gasteiger partial charge in [-0.1, -0.05) is 0 Å². The summed E-state index contributed by atoms with van der Waals surface area (Å²) in [6.07, 6.45) is 0. The smallest absolute Gasteiger partial charge is 0.0632 e. The van der Waals surface area contributed by atoms with E-state index in [0.717, 1.165) is 6.54 Å². The second-order valence-electron chi connectivity index (χ2n) is 3.05. The fourth-order valence-electron chi connectivity index (χ4n) is 1.13. The SMILES string of the molecule is CC1CNC(C)(C)N1. The van der Waals surface area contributed by atoms with Crippen molar-refractivity contribution < 1.29 is 0 Å². The van der Waals surface area contributed by atoms with Crippen LogP contribution >= 0.6 is 0 Å². The van der Waals surface area contributed by atoms with Crippen LogP contribution in [0.15, 0.2) is 0 Å². The first-order valence-corrected chi connectivity index (χ1v) is 3.13. The van der Waals surface area contributed by atoms with E-state index in [1.165, 1.54) is 0 Å². The van der Waals surface area contributed by atoms with Gasteiger partial charge in [0.1, 0.15) is 0 Å². The fraction of sp³-hybridized carbons (Fsp3) is 1.00. The third-order valence-electron chi connectivity index (χ3n) is 1.46. The van der Waals surface area contributed by atoms with E-state index in [1.54, 1.807) is 0 Å². The second kappa shape index (κ2) is 1.71. The van der Waals surface area contributed by atoms with Crippen LogP contribution in [-0.4, -0.2) is 18.2 Å². The van der Waals surface area contributed by atoms with E-state index in [-0.39, 0.29) is 5.66 Å². The zero-order valence-electron chi connectivity index (χ0n) is 5.78. The van der Waals surface area contributed by atoms with Crippen LogP contribution in [0.2, 0.25) is 0 Å². The van der Waals surface area contributed by atoms with Gasteiger partial charge in [0.25, 0.3) is 0 Å². The van der Waals surface area contributed by atoms with Gasteiger partial charge in [-0.2, -0.15) is 0 Å². The number of hydrogen-bond donors (Lipinski definition) is 2. The Morgan fingerprint density at radius 1 is 1.50 bits per heavy atom. The second-order valence-corrected chi connectivity index (χ2v) is 3.05. The largest absolute Gasteiger partial charge is 0.298 e. The van der Waals surface area contributed by atoms with Crippen molar-refractivity contribution in [3.8, 4) is 0 Å². The highest BCUT2D eigenvalue weighted by atomic mass is 15.3. The van der Waals surface area contributed by atoms with Crippen molar-refractivity contribution in [3.63, 3.8) is 0 Å². The van der Waals surface area contributed by atoms with Crippen LogP contribution in [0.1, 0.15) is 20.8 Å². The Morgan fingerprint density at radius 2 is 2.12 bits per heavy atom. The molecule has 1 rings (SSSR count). The number of nitrogens with one attached hydrogen (secondary N) is 2. The third-order valence-corrected chi connectivity index (χ3v) is 1.46. The summed E-state index contributed by atoms with van der Waals surface area (Å²) in [6, 6.07) is 0.630. The molecule has 0 spiro atoms. The molecule has 0 aliphatic carbocycles. The van der Waals surface area contributed by atoms with Crippen molar-refractivity contribution >= 4 is 0 Å². The van der Waals surface area contributed by atoms with Crippen LogP contribution in [0.25, 0.3) is 0 Å². The topological polar surface area (TPSA) is 24.1 Å².